The predicted octanol–water partition coefficient (Wildman–Crippen LogP) is 8.20. The minimum absolute atomic E-state index is 0. The standard InChI is InChI=1S/C24H50O.Na.H/c1-3-5-7-9-11-13-15-17-19-21-23-25-24-22-20-18-16-14-12-10-8-6-4-2;;/h3-24H2,1-2H3;;. The van der Waals surface area contributed by atoms with Crippen molar-refractivity contribution in [1.29, 1.82) is 0 Å². The molecule has 0 spiro atoms. The van der Waals surface area contributed by atoms with Crippen molar-refractivity contribution in [3.05, 3.63) is 0 Å². The van der Waals surface area contributed by atoms with Gasteiger partial charge in [-0.15, -0.1) is 0 Å². The Morgan fingerprint density at radius 1 is 0.346 bits per heavy atom. The van der Waals surface area contributed by atoms with Crippen molar-refractivity contribution in [2.75, 3.05) is 13.2 Å². The predicted molar refractivity (Wildman–Crippen MR) is 122 cm³/mol. The summed E-state index contributed by atoms with van der Waals surface area (Å²) in [6.07, 6.45) is 28.2. The van der Waals surface area contributed by atoms with Crippen LogP contribution in [0.15, 0.2) is 0 Å². The molecule has 0 heterocycles. The summed E-state index contributed by atoms with van der Waals surface area (Å²) in [6.45, 7) is 6.57. The maximum absolute atomic E-state index is 5.78. The fourth-order valence-corrected chi connectivity index (χ4v) is 3.49. The first-order valence-electron chi connectivity index (χ1n) is 12.0. The van der Waals surface area contributed by atoms with Gasteiger partial charge in [0.1, 0.15) is 0 Å². The van der Waals surface area contributed by atoms with Crippen LogP contribution >= 0.6 is 0 Å². The Hall–Kier alpha value is 0.960. The molecule has 0 aromatic carbocycles. The van der Waals surface area contributed by atoms with Gasteiger partial charge in [0.25, 0.3) is 0 Å². The molecule has 0 fully saturated rings. The van der Waals surface area contributed by atoms with E-state index in [-0.39, 0.29) is 29.6 Å². The SMILES string of the molecule is CCCCCCCCCCCCOCCCCCCCCCCCC.[NaH]. The molecule has 26 heavy (non-hydrogen) atoms. The molecule has 0 aliphatic heterocycles. The maximum atomic E-state index is 5.78. The van der Waals surface area contributed by atoms with Gasteiger partial charge in [-0.25, -0.2) is 0 Å². The number of rotatable bonds is 22. The summed E-state index contributed by atoms with van der Waals surface area (Å²) in [5.74, 6) is 0. The van der Waals surface area contributed by atoms with Gasteiger partial charge in [0.2, 0.25) is 0 Å². The summed E-state index contributed by atoms with van der Waals surface area (Å²) in [7, 11) is 0. The zero-order valence-electron chi connectivity index (χ0n) is 18.0. The van der Waals surface area contributed by atoms with Crippen LogP contribution in [0.2, 0.25) is 0 Å². The molecule has 0 atom stereocenters. The van der Waals surface area contributed by atoms with E-state index < -0.39 is 0 Å². The minimum atomic E-state index is 0. The third-order valence-electron chi connectivity index (χ3n) is 5.28. The number of hydrogen-bond donors (Lipinski definition) is 0. The second kappa shape index (κ2) is 28.2. The average molecular weight is 379 g/mol. The van der Waals surface area contributed by atoms with Gasteiger partial charge in [-0.05, 0) is 12.8 Å². The molecule has 0 amide bonds. The molecular formula is C24H51NaO. The van der Waals surface area contributed by atoms with E-state index in [1.165, 1.54) is 128 Å². The van der Waals surface area contributed by atoms with Crippen LogP contribution in [0.4, 0.5) is 0 Å². The van der Waals surface area contributed by atoms with Crippen LogP contribution in [-0.4, -0.2) is 42.8 Å². The van der Waals surface area contributed by atoms with E-state index in [1.54, 1.807) is 0 Å². The van der Waals surface area contributed by atoms with Crippen molar-refractivity contribution in [3.8, 4) is 0 Å². The molecule has 0 radical (unpaired) electrons. The van der Waals surface area contributed by atoms with Gasteiger partial charge >= 0.3 is 29.6 Å². The Balaban J connectivity index is 0. The van der Waals surface area contributed by atoms with Crippen molar-refractivity contribution in [2.45, 2.75) is 142 Å². The second-order valence-corrected chi connectivity index (χ2v) is 7.98. The summed E-state index contributed by atoms with van der Waals surface area (Å²) in [4.78, 5) is 0. The van der Waals surface area contributed by atoms with Crippen molar-refractivity contribution in [3.63, 3.8) is 0 Å². The van der Waals surface area contributed by atoms with Crippen LogP contribution in [-0.2, 0) is 4.74 Å². The van der Waals surface area contributed by atoms with Crippen molar-refractivity contribution in [2.24, 2.45) is 0 Å². The molecule has 0 aromatic heterocycles. The van der Waals surface area contributed by atoms with Crippen molar-refractivity contribution in [1.82, 2.24) is 0 Å². The Labute approximate surface area is 189 Å². The van der Waals surface area contributed by atoms with Gasteiger partial charge in [0.05, 0.1) is 0 Å². The van der Waals surface area contributed by atoms with Crippen molar-refractivity contribution < 1.29 is 4.74 Å². The van der Waals surface area contributed by atoms with Crippen LogP contribution in [0.25, 0.3) is 0 Å². The van der Waals surface area contributed by atoms with E-state index in [0.29, 0.717) is 0 Å². The molecule has 1 nitrogen and oxygen atoms in total. The van der Waals surface area contributed by atoms with E-state index in [9.17, 15) is 0 Å². The van der Waals surface area contributed by atoms with Crippen LogP contribution in [0.1, 0.15) is 142 Å². The topological polar surface area (TPSA) is 9.23 Å². The van der Waals surface area contributed by atoms with Gasteiger partial charge < -0.3 is 4.74 Å². The van der Waals surface area contributed by atoms with E-state index in [2.05, 4.69) is 13.8 Å². The third-order valence-corrected chi connectivity index (χ3v) is 5.28. The molecule has 2 heteroatoms. The Morgan fingerprint density at radius 2 is 0.577 bits per heavy atom. The summed E-state index contributed by atoms with van der Waals surface area (Å²) in [5.41, 5.74) is 0. The molecular weight excluding hydrogens is 327 g/mol. The van der Waals surface area contributed by atoms with Gasteiger partial charge in [-0.3, -0.25) is 0 Å². The first-order valence-corrected chi connectivity index (χ1v) is 12.0. The molecule has 0 aromatic rings. The number of hydrogen-bond acceptors (Lipinski definition) is 1. The summed E-state index contributed by atoms with van der Waals surface area (Å²) < 4.78 is 5.78. The molecule has 0 bridgehead atoms. The molecule has 154 valence electrons. The van der Waals surface area contributed by atoms with Gasteiger partial charge in [0, 0.05) is 13.2 Å². The van der Waals surface area contributed by atoms with E-state index in [0.717, 1.165) is 13.2 Å². The van der Waals surface area contributed by atoms with E-state index in [4.69, 9.17) is 4.74 Å². The van der Waals surface area contributed by atoms with E-state index >= 15 is 0 Å². The zero-order valence-corrected chi connectivity index (χ0v) is 18.0. The molecule has 0 rings (SSSR count). The average Bonchev–Trinajstić information content (AvgIpc) is 2.63. The number of ether oxygens (including phenoxy) is 1. The first-order chi connectivity index (χ1) is 12.4. The van der Waals surface area contributed by atoms with Gasteiger partial charge in [-0.2, -0.15) is 0 Å². The summed E-state index contributed by atoms with van der Waals surface area (Å²) in [5, 5.41) is 0. The Kier molecular flexibility index (Phi) is 31.6. The quantitative estimate of drug-likeness (QED) is 0.136. The monoisotopic (exact) mass is 378 g/mol. The summed E-state index contributed by atoms with van der Waals surface area (Å²) >= 11 is 0. The van der Waals surface area contributed by atoms with Gasteiger partial charge in [-0.1, -0.05) is 129 Å². The molecule has 0 saturated heterocycles. The first kappa shape index (κ1) is 29.2. The van der Waals surface area contributed by atoms with Crippen LogP contribution in [0, 0.1) is 0 Å². The Morgan fingerprint density at radius 3 is 0.846 bits per heavy atom. The van der Waals surface area contributed by atoms with Crippen LogP contribution < -0.4 is 0 Å². The fraction of sp³-hybridized carbons (Fsp3) is 1.00. The zero-order chi connectivity index (χ0) is 18.3. The summed E-state index contributed by atoms with van der Waals surface area (Å²) in [6, 6.07) is 0. The van der Waals surface area contributed by atoms with Crippen LogP contribution in [0.5, 0.6) is 0 Å². The molecule has 0 saturated carbocycles. The fourth-order valence-electron chi connectivity index (χ4n) is 3.49. The molecule has 0 N–H and O–H groups in total. The Bertz CT molecular complexity index is 198. The normalized spacial score (nSPS) is 10.8. The van der Waals surface area contributed by atoms with Crippen LogP contribution in [0.3, 0.4) is 0 Å². The van der Waals surface area contributed by atoms with Gasteiger partial charge in [0.15, 0.2) is 0 Å². The molecule has 0 aliphatic carbocycles. The van der Waals surface area contributed by atoms with E-state index in [1.807, 2.05) is 0 Å². The second-order valence-electron chi connectivity index (χ2n) is 7.98. The molecule has 0 unspecified atom stereocenters. The molecule has 0 aliphatic rings. The number of unbranched alkanes of at least 4 members (excludes halogenated alkanes) is 18. The van der Waals surface area contributed by atoms with Crippen molar-refractivity contribution >= 4 is 29.6 Å². The third kappa shape index (κ3) is 27.2.